The molecular formula is C37H49N3O5. The van der Waals surface area contributed by atoms with Gasteiger partial charge in [0.1, 0.15) is 11.8 Å². The van der Waals surface area contributed by atoms with Crippen molar-refractivity contribution in [3.05, 3.63) is 58.7 Å². The quantitative estimate of drug-likeness (QED) is 0.299. The number of carbonyl (C=O) groups excluding carboxylic acids is 3. The second kappa shape index (κ2) is 11.2. The van der Waals surface area contributed by atoms with Crippen molar-refractivity contribution >= 4 is 23.4 Å². The molecule has 0 bridgehead atoms. The molecule has 6 rings (SSSR count). The largest absolute Gasteiger partial charge is 0.508 e. The number of imide groups is 1. The molecule has 0 radical (unpaired) electrons. The second-order valence-electron chi connectivity index (χ2n) is 15.3. The SMILES string of the molecule is C[C@]1(C(=O)NC(=O)[C@@]2(C)CCC[C@]3(C)c4cc(NC(=O)C(N)CO)ccc4CC[C@@H]23)CCC[C@]2(C)c3cc(O)ccc3CC[C@@H]12. The van der Waals surface area contributed by atoms with Gasteiger partial charge in [-0.15, -0.1) is 0 Å². The first-order valence-corrected chi connectivity index (χ1v) is 16.8. The molecular weight excluding hydrogens is 566 g/mol. The number of carbonyl (C=O) groups is 3. The fourth-order valence-corrected chi connectivity index (χ4v) is 10.2. The van der Waals surface area contributed by atoms with E-state index in [9.17, 15) is 24.6 Å². The zero-order valence-electron chi connectivity index (χ0n) is 27.2. The van der Waals surface area contributed by atoms with Crippen molar-refractivity contribution in [1.29, 1.82) is 0 Å². The lowest BCUT2D eigenvalue weighted by Crippen LogP contribution is -2.60. The van der Waals surface area contributed by atoms with Gasteiger partial charge in [-0.25, -0.2) is 0 Å². The molecule has 6 N–H and O–H groups in total. The number of aromatic hydroxyl groups is 1. The highest BCUT2D eigenvalue weighted by atomic mass is 16.3. The van der Waals surface area contributed by atoms with Crippen LogP contribution in [0.15, 0.2) is 36.4 Å². The van der Waals surface area contributed by atoms with Crippen LogP contribution in [-0.2, 0) is 38.1 Å². The summed E-state index contributed by atoms with van der Waals surface area (Å²) in [6.45, 7) is 8.13. The van der Waals surface area contributed by atoms with E-state index in [1.807, 2.05) is 38.1 Å². The zero-order chi connectivity index (χ0) is 32.4. The van der Waals surface area contributed by atoms with Crippen LogP contribution >= 0.6 is 0 Å². The highest BCUT2D eigenvalue weighted by Gasteiger charge is 2.58. The van der Waals surface area contributed by atoms with Gasteiger partial charge in [-0.2, -0.15) is 0 Å². The molecule has 3 amide bonds. The van der Waals surface area contributed by atoms with Crippen LogP contribution in [0.1, 0.15) is 101 Å². The summed E-state index contributed by atoms with van der Waals surface area (Å²) in [6, 6.07) is 10.6. The summed E-state index contributed by atoms with van der Waals surface area (Å²) in [5.74, 6) is -0.423. The van der Waals surface area contributed by atoms with E-state index in [0.717, 1.165) is 68.9 Å². The van der Waals surface area contributed by atoms with Crippen molar-refractivity contribution in [2.75, 3.05) is 11.9 Å². The van der Waals surface area contributed by atoms with E-state index < -0.39 is 29.4 Å². The minimum Gasteiger partial charge on any atom is -0.508 e. The summed E-state index contributed by atoms with van der Waals surface area (Å²) < 4.78 is 0. The van der Waals surface area contributed by atoms with Crippen LogP contribution in [-0.4, -0.2) is 40.6 Å². The minimum atomic E-state index is -0.997. The van der Waals surface area contributed by atoms with E-state index in [4.69, 9.17) is 5.73 Å². The monoisotopic (exact) mass is 615 g/mol. The van der Waals surface area contributed by atoms with E-state index in [-0.39, 0.29) is 40.2 Å². The Kier molecular flexibility index (Phi) is 7.92. The third kappa shape index (κ3) is 4.99. The molecule has 8 heteroatoms. The highest BCUT2D eigenvalue weighted by Crippen LogP contribution is 2.59. The van der Waals surface area contributed by atoms with E-state index in [1.165, 1.54) is 11.1 Å². The third-order valence-electron chi connectivity index (χ3n) is 12.8. The van der Waals surface area contributed by atoms with Gasteiger partial charge in [0.15, 0.2) is 0 Å². The maximum absolute atomic E-state index is 14.4. The Morgan fingerprint density at radius 1 is 0.822 bits per heavy atom. The Morgan fingerprint density at radius 3 is 1.87 bits per heavy atom. The summed E-state index contributed by atoms with van der Waals surface area (Å²) in [5, 5.41) is 25.5. The van der Waals surface area contributed by atoms with Crippen molar-refractivity contribution in [3.8, 4) is 5.75 Å². The molecule has 45 heavy (non-hydrogen) atoms. The van der Waals surface area contributed by atoms with Crippen molar-refractivity contribution in [2.45, 2.75) is 109 Å². The molecule has 4 aliphatic carbocycles. The lowest BCUT2D eigenvalue weighted by Gasteiger charge is -2.56. The smallest absolute Gasteiger partial charge is 0.243 e. The Hall–Kier alpha value is -3.23. The number of aliphatic hydroxyl groups excluding tert-OH is 1. The van der Waals surface area contributed by atoms with E-state index in [0.29, 0.717) is 12.1 Å². The van der Waals surface area contributed by atoms with Crippen LogP contribution in [0.25, 0.3) is 0 Å². The molecule has 0 aromatic heterocycles. The summed E-state index contributed by atoms with van der Waals surface area (Å²) in [6.07, 6.45) is 8.47. The fraction of sp³-hybridized carbons (Fsp3) is 0.595. The molecule has 0 aliphatic heterocycles. The third-order valence-corrected chi connectivity index (χ3v) is 12.8. The number of nitrogens with two attached hydrogens (primary N) is 1. The number of phenols is 1. The van der Waals surface area contributed by atoms with E-state index in [2.05, 4.69) is 30.5 Å². The molecule has 242 valence electrons. The van der Waals surface area contributed by atoms with Gasteiger partial charge in [-0.1, -0.05) is 52.7 Å². The highest BCUT2D eigenvalue weighted by molar-refractivity contribution is 6.01. The van der Waals surface area contributed by atoms with Gasteiger partial charge in [0, 0.05) is 5.69 Å². The number of phenolic OH excluding ortho intramolecular Hbond substituents is 1. The lowest BCUT2D eigenvalue weighted by molar-refractivity contribution is -0.150. The number of hydrogen-bond donors (Lipinski definition) is 5. The van der Waals surface area contributed by atoms with Crippen LogP contribution in [0.4, 0.5) is 5.69 Å². The summed E-state index contributed by atoms with van der Waals surface area (Å²) in [5.41, 5.74) is 9.15. The number of anilines is 1. The average molecular weight is 616 g/mol. The van der Waals surface area contributed by atoms with Gasteiger partial charge in [0.2, 0.25) is 17.7 Å². The maximum atomic E-state index is 14.4. The summed E-state index contributed by atoms with van der Waals surface area (Å²) in [7, 11) is 0. The normalized spacial score (nSPS) is 34.3. The number of hydrogen-bond acceptors (Lipinski definition) is 6. The van der Waals surface area contributed by atoms with Gasteiger partial charge in [0.05, 0.1) is 17.4 Å². The van der Waals surface area contributed by atoms with Gasteiger partial charge >= 0.3 is 0 Å². The van der Waals surface area contributed by atoms with Crippen LogP contribution in [0, 0.1) is 22.7 Å². The first-order chi connectivity index (χ1) is 21.3. The first kappa shape index (κ1) is 31.7. The molecule has 8 nitrogen and oxygen atoms in total. The topological polar surface area (TPSA) is 142 Å². The summed E-state index contributed by atoms with van der Waals surface area (Å²) >= 11 is 0. The Labute approximate surface area is 266 Å². The van der Waals surface area contributed by atoms with Crippen LogP contribution in [0.5, 0.6) is 5.75 Å². The predicted molar refractivity (Wildman–Crippen MR) is 174 cm³/mol. The number of rotatable bonds is 5. The molecule has 2 aromatic rings. The number of amides is 3. The van der Waals surface area contributed by atoms with Crippen LogP contribution < -0.4 is 16.4 Å². The van der Waals surface area contributed by atoms with Crippen LogP contribution in [0.2, 0.25) is 0 Å². The predicted octanol–water partition coefficient (Wildman–Crippen LogP) is 5.01. The number of nitrogens with one attached hydrogen (secondary N) is 2. The number of aliphatic hydroxyl groups is 1. The number of fused-ring (bicyclic) bond motifs is 6. The van der Waals surface area contributed by atoms with E-state index >= 15 is 0 Å². The molecule has 2 fully saturated rings. The maximum Gasteiger partial charge on any atom is 0.243 e. The zero-order valence-corrected chi connectivity index (χ0v) is 27.2. The lowest BCUT2D eigenvalue weighted by atomic mass is 9.49. The molecule has 7 atom stereocenters. The Balaban J connectivity index is 1.25. The molecule has 4 aliphatic rings. The summed E-state index contributed by atoms with van der Waals surface area (Å²) in [4.78, 5) is 41.1. The van der Waals surface area contributed by atoms with E-state index in [1.54, 1.807) is 6.07 Å². The first-order valence-electron chi connectivity index (χ1n) is 16.8. The van der Waals surface area contributed by atoms with Gasteiger partial charge < -0.3 is 21.3 Å². The van der Waals surface area contributed by atoms with Crippen molar-refractivity contribution < 1.29 is 24.6 Å². The molecule has 2 saturated carbocycles. The number of benzene rings is 2. The van der Waals surface area contributed by atoms with Gasteiger partial charge in [0.25, 0.3) is 0 Å². The molecule has 0 heterocycles. The Morgan fingerprint density at radius 2 is 1.33 bits per heavy atom. The van der Waals surface area contributed by atoms with Crippen molar-refractivity contribution in [2.24, 2.45) is 28.4 Å². The molecule has 0 spiro atoms. The number of aryl methyl sites for hydroxylation is 2. The van der Waals surface area contributed by atoms with Gasteiger partial charge in [-0.3, -0.25) is 19.7 Å². The van der Waals surface area contributed by atoms with Crippen molar-refractivity contribution in [3.63, 3.8) is 0 Å². The van der Waals surface area contributed by atoms with Gasteiger partial charge in [-0.05, 0) is 121 Å². The molecule has 1 unspecified atom stereocenters. The standard InChI is InChI=1S/C37H49N3O5/c1-34-15-5-17-36(3,29(34)13-9-22-7-11-24(19-26(22)34)39-31(43)28(38)21-41)32(44)40-33(45)37(4)18-6-16-35(2)27-20-25(42)12-8-23(27)10-14-30(35)37/h7-8,11-12,19-20,28-30,41-42H,5-6,9-10,13-18,21,38H2,1-4H3,(H,39,43)(H,40,44,45)/t28?,29-,30-,34-,35-,36+,37+/m1/s1. The molecule has 0 saturated heterocycles. The average Bonchev–Trinajstić information content (AvgIpc) is 3.00. The van der Waals surface area contributed by atoms with Crippen molar-refractivity contribution in [1.82, 2.24) is 5.32 Å². The molecule has 2 aromatic carbocycles. The minimum absolute atomic E-state index is 0.0265. The Bertz CT molecular complexity index is 1540. The fourth-order valence-electron chi connectivity index (χ4n) is 10.2. The second-order valence-corrected chi connectivity index (χ2v) is 15.3. The van der Waals surface area contributed by atoms with Crippen LogP contribution in [0.3, 0.4) is 0 Å².